The summed E-state index contributed by atoms with van der Waals surface area (Å²) in [6.07, 6.45) is 6.17. The summed E-state index contributed by atoms with van der Waals surface area (Å²) in [5.41, 5.74) is 2.07. The SMILES string of the molecule is O=C1C(=O)N(c2nnc(SCc3ccccc3)s2)C(c2cccnc2)C1=C(O)c1ccncc1. The molecule has 0 bridgehead atoms. The Balaban J connectivity index is 1.53. The lowest BCUT2D eigenvalue weighted by Crippen LogP contribution is -2.29. The van der Waals surface area contributed by atoms with E-state index < -0.39 is 17.7 Å². The van der Waals surface area contributed by atoms with Crippen molar-refractivity contribution in [3.05, 3.63) is 102 Å². The second kappa shape index (κ2) is 9.54. The van der Waals surface area contributed by atoms with E-state index in [0.29, 0.717) is 21.2 Å². The minimum Gasteiger partial charge on any atom is -0.507 e. The molecule has 1 aromatic carbocycles. The van der Waals surface area contributed by atoms with Crippen LogP contribution in [0.3, 0.4) is 0 Å². The molecule has 0 spiro atoms. The molecule has 10 heteroatoms. The summed E-state index contributed by atoms with van der Waals surface area (Å²) in [5, 5.41) is 19.7. The third-order valence-corrected chi connectivity index (χ3v) is 7.33. The zero-order valence-electron chi connectivity index (χ0n) is 17.6. The van der Waals surface area contributed by atoms with Crippen LogP contribution in [0.15, 0.2) is 89.3 Å². The summed E-state index contributed by atoms with van der Waals surface area (Å²) in [7, 11) is 0. The highest BCUT2D eigenvalue weighted by Gasteiger charge is 2.48. The molecule has 1 amide bonds. The average molecular weight is 488 g/mol. The maximum Gasteiger partial charge on any atom is 0.301 e. The van der Waals surface area contributed by atoms with E-state index in [9.17, 15) is 14.7 Å². The van der Waals surface area contributed by atoms with Gasteiger partial charge in [0.25, 0.3) is 5.78 Å². The number of aliphatic hydroxyl groups is 1. The maximum absolute atomic E-state index is 13.2. The number of anilines is 1. The van der Waals surface area contributed by atoms with Crippen molar-refractivity contribution in [2.75, 3.05) is 4.90 Å². The first kappa shape index (κ1) is 21.9. The monoisotopic (exact) mass is 487 g/mol. The van der Waals surface area contributed by atoms with Gasteiger partial charge >= 0.3 is 5.91 Å². The van der Waals surface area contributed by atoms with Gasteiger partial charge < -0.3 is 5.11 Å². The molecule has 1 N–H and O–H groups in total. The van der Waals surface area contributed by atoms with Crippen molar-refractivity contribution in [3.63, 3.8) is 0 Å². The van der Waals surface area contributed by atoms with Gasteiger partial charge in [-0.05, 0) is 29.3 Å². The number of ketones is 1. The van der Waals surface area contributed by atoms with Crippen LogP contribution in [-0.4, -0.2) is 37.0 Å². The Hall–Kier alpha value is -3.89. The molecule has 5 rings (SSSR count). The number of thioether (sulfide) groups is 1. The van der Waals surface area contributed by atoms with Crippen LogP contribution in [0.4, 0.5) is 5.13 Å². The molecule has 3 aromatic heterocycles. The quantitative estimate of drug-likeness (QED) is 0.141. The number of aliphatic hydroxyl groups excluding tert-OH is 1. The van der Waals surface area contributed by atoms with Gasteiger partial charge in [-0.25, -0.2) is 0 Å². The van der Waals surface area contributed by atoms with Crippen LogP contribution in [0.25, 0.3) is 5.76 Å². The molecule has 1 atom stereocenters. The van der Waals surface area contributed by atoms with Crippen molar-refractivity contribution in [1.29, 1.82) is 0 Å². The number of rotatable bonds is 6. The predicted octanol–water partition coefficient (Wildman–Crippen LogP) is 4.25. The van der Waals surface area contributed by atoms with Gasteiger partial charge in [0.1, 0.15) is 5.76 Å². The Labute approximate surface area is 203 Å². The van der Waals surface area contributed by atoms with Gasteiger partial charge in [-0.3, -0.25) is 24.5 Å². The Bertz CT molecular complexity index is 1360. The van der Waals surface area contributed by atoms with Crippen molar-refractivity contribution < 1.29 is 14.7 Å². The van der Waals surface area contributed by atoms with Crippen LogP contribution >= 0.6 is 23.1 Å². The Morgan fingerprint density at radius 3 is 2.50 bits per heavy atom. The Morgan fingerprint density at radius 2 is 1.76 bits per heavy atom. The predicted molar refractivity (Wildman–Crippen MR) is 129 cm³/mol. The molecule has 4 heterocycles. The maximum atomic E-state index is 13.2. The first-order valence-corrected chi connectivity index (χ1v) is 12.1. The third kappa shape index (κ3) is 4.20. The standard InChI is InChI=1S/C24H17N5O3S2/c30-20(16-8-11-25-12-9-16)18-19(17-7-4-10-26-13-17)29(22(32)21(18)31)23-27-28-24(34-23)33-14-15-5-2-1-3-6-15/h1-13,19,30H,14H2. The van der Waals surface area contributed by atoms with Gasteiger partial charge in [0.2, 0.25) is 5.13 Å². The van der Waals surface area contributed by atoms with E-state index in [2.05, 4.69) is 20.2 Å². The Morgan fingerprint density at radius 1 is 0.971 bits per heavy atom. The van der Waals surface area contributed by atoms with Gasteiger partial charge in [-0.15, -0.1) is 10.2 Å². The number of Topliss-reactive ketones (excluding diaryl/α,β-unsaturated/α-hetero) is 1. The normalized spacial score (nSPS) is 17.3. The van der Waals surface area contributed by atoms with Gasteiger partial charge in [0.15, 0.2) is 4.34 Å². The number of aromatic nitrogens is 4. The largest absolute Gasteiger partial charge is 0.507 e. The van der Waals surface area contributed by atoms with Gasteiger partial charge in [-0.2, -0.15) is 0 Å². The molecule has 1 unspecified atom stereocenters. The summed E-state index contributed by atoms with van der Waals surface area (Å²) in [6, 6.07) is 15.7. The highest BCUT2D eigenvalue weighted by Crippen LogP contribution is 2.43. The van der Waals surface area contributed by atoms with E-state index in [1.54, 1.807) is 36.7 Å². The first-order valence-electron chi connectivity index (χ1n) is 10.2. The molecule has 1 aliphatic rings. The summed E-state index contributed by atoms with van der Waals surface area (Å²) >= 11 is 2.72. The van der Waals surface area contributed by atoms with Crippen molar-refractivity contribution in [3.8, 4) is 0 Å². The number of carbonyl (C=O) groups excluding carboxylic acids is 2. The van der Waals surface area contributed by atoms with Crippen LogP contribution in [-0.2, 0) is 15.3 Å². The molecule has 4 aromatic rings. The molecular formula is C24H17N5O3S2. The molecule has 1 aliphatic heterocycles. The number of hydrogen-bond donors (Lipinski definition) is 1. The number of hydrogen-bond acceptors (Lipinski definition) is 9. The fourth-order valence-corrected chi connectivity index (χ4v) is 5.45. The van der Waals surface area contributed by atoms with Gasteiger partial charge in [-0.1, -0.05) is 59.5 Å². The summed E-state index contributed by atoms with van der Waals surface area (Å²) in [6.45, 7) is 0. The van der Waals surface area contributed by atoms with Crippen molar-refractivity contribution in [2.24, 2.45) is 0 Å². The van der Waals surface area contributed by atoms with E-state index in [1.165, 1.54) is 40.4 Å². The zero-order valence-corrected chi connectivity index (χ0v) is 19.2. The van der Waals surface area contributed by atoms with Crippen LogP contribution in [0.5, 0.6) is 0 Å². The number of benzene rings is 1. The average Bonchev–Trinajstić information content (AvgIpc) is 3.46. The second-order valence-corrected chi connectivity index (χ2v) is 9.49. The van der Waals surface area contributed by atoms with Crippen LogP contribution < -0.4 is 4.90 Å². The van der Waals surface area contributed by atoms with Crippen molar-refractivity contribution >= 4 is 45.7 Å². The highest BCUT2D eigenvalue weighted by molar-refractivity contribution is 8.00. The Kier molecular flexibility index (Phi) is 6.15. The number of amides is 1. The molecule has 0 aliphatic carbocycles. The van der Waals surface area contributed by atoms with Crippen LogP contribution in [0, 0.1) is 0 Å². The fraction of sp³-hybridized carbons (Fsp3) is 0.0833. The van der Waals surface area contributed by atoms with E-state index >= 15 is 0 Å². The number of carbonyl (C=O) groups is 2. The molecular weight excluding hydrogens is 470 g/mol. The lowest BCUT2D eigenvalue weighted by molar-refractivity contribution is -0.132. The first-order chi connectivity index (χ1) is 16.6. The molecule has 8 nitrogen and oxygen atoms in total. The summed E-state index contributed by atoms with van der Waals surface area (Å²) in [4.78, 5) is 35.6. The summed E-state index contributed by atoms with van der Waals surface area (Å²) < 4.78 is 0.667. The second-order valence-electron chi connectivity index (χ2n) is 7.32. The molecule has 1 saturated heterocycles. The van der Waals surface area contributed by atoms with Gasteiger partial charge in [0.05, 0.1) is 11.6 Å². The topological polar surface area (TPSA) is 109 Å². The van der Waals surface area contributed by atoms with Crippen LogP contribution in [0.1, 0.15) is 22.7 Å². The fourth-order valence-electron chi connectivity index (χ4n) is 3.63. The van der Waals surface area contributed by atoms with E-state index in [-0.39, 0.29) is 16.5 Å². The van der Waals surface area contributed by atoms with Crippen LogP contribution in [0.2, 0.25) is 0 Å². The summed E-state index contributed by atoms with van der Waals surface area (Å²) in [5.74, 6) is -1.15. The van der Waals surface area contributed by atoms with Crippen molar-refractivity contribution in [1.82, 2.24) is 20.2 Å². The third-order valence-electron chi connectivity index (χ3n) is 5.21. The van der Waals surface area contributed by atoms with Gasteiger partial charge in [0, 0.05) is 36.1 Å². The lowest BCUT2D eigenvalue weighted by atomic mass is 9.97. The molecule has 1 fully saturated rings. The number of nitrogens with zero attached hydrogens (tertiary/aromatic N) is 5. The number of pyridine rings is 2. The van der Waals surface area contributed by atoms with E-state index in [4.69, 9.17) is 0 Å². The zero-order chi connectivity index (χ0) is 23.5. The molecule has 0 radical (unpaired) electrons. The molecule has 34 heavy (non-hydrogen) atoms. The van der Waals surface area contributed by atoms with E-state index in [1.807, 2.05) is 30.3 Å². The smallest absolute Gasteiger partial charge is 0.301 e. The van der Waals surface area contributed by atoms with Crippen molar-refractivity contribution in [2.45, 2.75) is 16.1 Å². The minimum absolute atomic E-state index is 0.0297. The minimum atomic E-state index is -0.887. The lowest BCUT2D eigenvalue weighted by Gasteiger charge is -2.22. The van der Waals surface area contributed by atoms with E-state index in [0.717, 1.165) is 5.56 Å². The highest BCUT2D eigenvalue weighted by atomic mass is 32.2. The molecule has 0 saturated carbocycles. The molecule has 168 valence electrons.